The van der Waals surface area contributed by atoms with Gasteiger partial charge in [-0.25, -0.2) is 0 Å². The molecule has 1 saturated heterocycles. The topological polar surface area (TPSA) is 47.9 Å². The highest BCUT2D eigenvalue weighted by Crippen LogP contribution is 2.31. The van der Waals surface area contributed by atoms with Crippen molar-refractivity contribution in [2.75, 3.05) is 39.3 Å². The third-order valence-electron chi connectivity index (χ3n) is 4.97. The number of alkyl halides is 3. The molecular weight excluding hydrogens is 369 g/mol. The van der Waals surface area contributed by atoms with Crippen molar-refractivity contribution in [3.05, 3.63) is 35.4 Å². The number of nitrogens with one attached hydrogen (secondary N) is 1. The van der Waals surface area contributed by atoms with E-state index in [1.54, 1.807) is 13.0 Å². The SMILES string of the molecule is CCNC(=NCCC(C)c1cccc(C(F)(F)F)c1)N1CCN(C(C)=O)CC1. The van der Waals surface area contributed by atoms with Gasteiger partial charge >= 0.3 is 6.18 Å². The van der Waals surface area contributed by atoms with Crippen molar-refractivity contribution >= 4 is 11.9 Å². The first-order chi connectivity index (χ1) is 13.2. The number of amides is 1. The van der Waals surface area contributed by atoms with Crippen LogP contribution in [0.2, 0.25) is 0 Å². The fourth-order valence-corrected chi connectivity index (χ4v) is 3.21. The number of benzene rings is 1. The number of hydrogen-bond donors (Lipinski definition) is 1. The molecule has 0 aliphatic carbocycles. The van der Waals surface area contributed by atoms with Gasteiger partial charge in [0, 0.05) is 46.2 Å². The fourth-order valence-electron chi connectivity index (χ4n) is 3.21. The minimum atomic E-state index is -4.33. The van der Waals surface area contributed by atoms with E-state index in [4.69, 9.17) is 0 Å². The summed E-state index contributed by atoms with van der Waals surface area (Å²) in [5.41, 5.74) is 0.0575. The molecule has 0 saturated carbocycles. The number of aliphatic imine (C=N–C) groups is 1. The summed E-state index contributed by atoms with van der Waals surface area (Å²) < 4.78 is 38.7. The second-order valence-corrected chi connectivity index (χ2v) is 7.04. The minimum absolute atomic E-state index is 0.0245. The highest BCUT2D eigenvalue weighted by atomic mass is 19.4. The molecule has 1 N–H and O–H groups in total. The van der Waals surface area contributed by atoms with Crippen molar-refractivity contribution in [1.82, 2.24) is 15.1 Å². The molecule has 0 spiro atoms. The maximum absolute atomic E-state index is 12.9. The summed E-state index contributed by atoms with van der Waals surface area (Å²) in [6.45, 7) is 9.51. The number of rotatable bonds is 5. The number of nitrogens with zero attached hydrogens (tertiary/aromatic N) is 3. The van der Waals surface area contributed by atoms with Crippen LogP contribution in [0.5, 0.6) is 0 Å². The largest absolute Gasteiger partial charge is 0.416 e. The Morgan fingerprint density at radius 1 is 1.21 bits per heavy atom. The Morgan fingerprint density at radius 2 is 1.86 bits per heavy atom. The molecule has 8 heteroatoms. The van der Waals surface area contributed by atoms with Crippen LogP contribution in [0.4, 0.5) is 13.2 Å². The summed E-state index contributed by atoms with van der Waals surface area (Å²) in [4.78, 5) is 20.0. The molecule has 1 amide bonds. The maximum Gasteiger partial charge on any atom is 0.416 e. The highest BCUT2D eigenvalue weighted by Gasteiger charge is 2.30. The summed E-state index contributed by atoms with van der Waals surface area (Å²) >= 11 is 0. The Kier molecular flexibility index (Phi) is 7.71. The molecule has 1 heterocycles. The molecule has 1 aromatic carbocycles. The lowest BCUT2D eigenvalue weighted by atomic mass is 9.96. The van der Waals surface area contributed by atoms with E-state index in [0.717, 1.165) is 18.6 Å². The molecule has 156 valence electrons. The van der Waals surface area contributed by atoms with Gasteiger partial charge in [0.25, 0.3) is 0 Å². The van der Waals surface area contributed by atoms with Crippen LogP contribution in [0, 0.1) is 0 Å². The van der Waals surface area contributed by atoms with E-state index >= 15 is 0 Å². The molecule has 28 heavy (non-hydrogen) atoms. The average molecular weight is 398 g/mol. The number of piperazine rings is 1. The van der Waals surface area contributed by atoms with E-state index in [1.807, 2.05) is 18.7 Å². The molecule has 0 radical (unpaired) electrons. The summed E-state index contributed by atoms with van der Waals surface area (Å²) in [5.74, 6) is 0.849. The lowest BCUT2D eigenvalue weighted by Gasteiger charge is -2.36. The zero-order valence-electron chi connectivity index (χ0n) is 16.7. The van der Waals surface area contributed by atoms with Crippen LogP contribution in [-0.2, 0) is 11.0 Å². The Bertz CT molecular complexity index is 682. The molecule has 2 rings (SSSR count). The average Bonchev–Trinajstić information content (AvgIpc) is 2.66. The number of guanidine groups is 1. The zero-order valence-corrected chi connectivity index (χ0v) is 16.7. The molecular formula is C20H29F3N4O. The van der Waals surface area contributed by atoms with Gasteiger partial charge in [-0.1, -0.05) is 25.1 Å². The predicted molar refractivity (Wildman–Crippen MR) is 104 cm³/mol. The second kappa shape index (κ2) is 9.80. The Morgan fingerprint density at radius 3 is 2.43 bits per heavy atom. The van der Waals surface area contributed by atoms with Gasteiger partial charge in [0.1, 0.15) is 0 Å². The number of carbonyl (C=O) groups is 1. The van der Waals surface area contributed by atoms with Crippen molar-refractivity contribution in [2.45, 2.75) is 39.3 Å². The van der Waals surface area contributed by atoms with Gasteiger partial charge in [-0.15, -0.1) is 0 Å². The van der Waals surface area contributed by atoms with Crippen LogP contribution in [-0.4, -0.2) is 60.9 Å². The van der Waals surface area contributed by atoms with Gasteiger partial charge in [-0.2, -0.15) is 13.2 Å². The molecule has 5 nitrogen and oxygen atoms in total. The van der Waals surface area contributed by atoms with E-state index in [-0.39, 0.29) is 11.8 Å². The van der Waals surface area contributed by atoms with Gasteiger partial charge in [0.15, 0.2) is 5.96 Å². The summed E-state index contributed by atoms with van der Waals surface area (Å²) in [6, 6.07) is 5.51. The molecule has 1 aliphatic rings. The Hall–Kier alpha value is -2.25. The van der Waals surface area contributed by atoms with E-state index in [9.17, 15) is 18.0 Å². The van der Waals surface area contributed by atoms with Crippen LogP contribution in [0.15, 0.2) is 29.3 Å². The minimum Gasteiger partial charge on any atom is -0.357 e. The van der Waals surface area contributed by atoms with Gasteiger partial charge in [-0.3, -0.25) is 9.79 Å². The molecule has 1 unspecified atom stereocenters. The van der Waals surface area contributed by atoms with E-state index in [2.05, 4.69) is 15.2 Å². The summed E-state index contributed by atoms with van der Waals surface area (Å²) in [5, 5.41) is 3.26. The van der Waals surface area contributed by atoms with Gasteiger partial charge in [0.05, 0.1) is 5.56 Å². The van der Waals surface area contributed by atoms with Gasteiger partial charge in [-0.05, 0) is 30.9 Å². The van der Waals surface area contributed by atoms with E-state index in [0.29, 0.717) is 44.7 Å². The normalized spacial score (nSPS) is 16.9. The van der Waals surface area contributed by atoms with Crippen LogP contribution in [0.25, 0.3) is 0 Å². The van der Waals surface area contributed by atoms with Crippen LogP contribution < -0.4 is 5.32 Å². The predicted octanol–water partition coefficient (Wildman–Crippen LogP) is 3.33. The number of hydrogen-bond acceptors (Lipinski definition) is 2. The number of carbonyl (C=O) groups excluding carboxylic acids is 1. The first-order valence-electron chi connectivity index (χ1n) is 9.68. The maximum atomic E-state index is 12.9. The Balaban J connectivity index is 1.95. The molecule has 0 bridgehead atoms. The van der Waals surface area contributed by atoms with Crippen LogP contribution >= 0.6 is 0 Å². The van der Waals surface area contributed by atoms with E-state index < -0.39 is 11.7 Å². The quantitative estimate of drug-likeness (QED) is 0.611. The van der Waals surface area contributed by atoms with Crippen molar-refractivity contribution < 1.29 is 18.0 Å². The molecule has 1 aliphatic heterocycles. The molecule has 0 aromatic heterocycles. The van der Waals surface area contributed by atoms with Crippen molar-refractivity contribution in [1.29, 1.82) is 0 Å². The van der Waals surface area contributed by atoms with Crippen molar-refractivity contribution in [2.24, 2.45) is 4.99 Å². The summed E-state index contributed by atoms with van der Waals surface area (Å²) in [6.07, 6.45) is -3.67. The van der Waals surface area contributed by atoms with Crippen molar-refractivity contribution in [3.8, 4) is 0 Å². The van der Waals surface area contributed by atoms with Crippen LogP contribution in [0.3, 0.4) is 0 Å². The zero-order chi connectivity index (χ0) is 20.7. The Labute approximate surface area is 164 Å². The van der Waals surface area contributed by atoms with Crippen molar-refractivity contribution in [3.63, 3.8) is 0 Å². The van der Waals surface area contributed by atoms with E-state index in [1.165, 1.54) is 12.1 Å². The monoisotopic (exact) mass is 398 g/mol. The summed E-state index contributed by atoms with van der Waals surface area (Å²) in [7, 11) is 0. The molecule has 1 fully saturated rings. The third-order valence-corrected chi connectivity index (χ3v) is 4.97. The first kappa shape index (κ1) is 22.0. The molecule has 1 aromatic rings. The smallest absolute Gasteiger partial charge is 0.357 e. The standard InChI is InChI=1S/C20H29F3N4O/c1-4-24-19(27-12-10-26(11-13-27)16(3)28)25-9-8-15(2)17-6-5-7-18(14-17)20(21,22)23/h5-7,14-15H,4,8-13H2,1-3H3,(H,24,25). The lowest BCUT2D eigenvalue weighted by Crippen LogP contribution is -2.53. The second-order valence-electron chi connectivity index (χ2n) is 7.04. The van der Waals surface area contributed by atoms with Gasteiger partial charge in [0.2, 0.25) is 5.91 Å². The fraction of sp³-hybridized carbons (Fsp3) is 0.600. The number of halogens is 3. The molecule has 1 atom stereocenters. The lowest BCUT2D eigenvalue weighted by molar-refractivity contribution is -0.137. The third kappa shape index (κ3) is 6.14. The van der Waals surface area contributed by atoms with Crippen LogP contribution in [0.1, 0.15) is 44.2 Å². The highest BCUT2D eigenvalue weighted by molar-refractivity contribution is 5.80. The first-order valence-corrected chi connectivity index (χ1v) is 9.68. The van der Waals surface area contributed by atoms with Gasteiger partial charge < -0.3 is 15.1 Å².